The predicted octanol–water partition coefficient (Wildman–Crippen LogP) is 1.08. The molecule has 0 radical (unpaired) electrons. The van der Waals surface area contributed by atoms with E-state index >= 15 is 0 Å². The SMILES string of the molecule is COC(=O)NCc1ncccc1F. The second-order valence-corrected chi connectivity index (χ2v) is 2.28. The second kappa shape index (κ2) is 4.39. The van der Waals surface area contributed by atoms with Gasteiger partial charge >= 0.3 is 6.09 Å². The number of nitrogens with one attached hydrogen (secondary N) is 1. The lowest BCUT2D eigenvalue weighted by Gasteiger charge is -2.02. The lowest BCUT2D eigenvalue weighted by Crippen LogP contribution is -2.23. The van der Waals surface area contributed by atoms with Crippen molar-refractivity contribution in [3.63, 3.8) is 0 Å². The predicted molar refractivity (Wildman–Crippen MR) is 43.4 cm³/mol. The van der Waals surface area contributed by atoms with E-state index in [1.165, 1.54) is 25.4 Å². The summed E-state index contributed by atoms with van der Waals surface area (Å²) in [7, 11) is 1.24. The molecule has 0 saturated carbocycles. The van der Waals surface area contributed by atoms with Crippen molar-refractivity contribution in [2.24, 2.45) is 0 Å². The number of halogens is 1. The number of carbonyl (C=O) groups excluding carboxylic acids is 1. The van der Waals surface area contributed by atoms with Crippen molar-refractivity contribution in [2.45, 2.75) is 6.54 Å². The molecule has 5 heteroatoms. The quantitative estimate of drug-likeness (QED) is 0.748. The summed E-state index contributed by atoms with van der Waals surface area (Å²) in [6.07, 6.45) is 0.849. The molecule has 0 aliphatic rings. The molecule has 4 nitrogen and oxygen atoms in total. The minimum Gasteiger partial charge on any atom is -0.453 e. The highest BCUT2D eigenvalue weighted by atomic mass is 19.1. The van der Waals surface area contributed by atoms with E-state index in [0.717, 1.165) is 0 Å². The Morgan fingerprint density at radius 3 is 3.15 bits per heavy atom. The Hall–Kier alpha value is -1.65. The maximum Gasteiger partial charge on any atom is 0.407 e. The Kier molecular flexibility index (Phi) is 3.19. The van der Waals surface area contributed by atoms with Gasteiger partial charge in [0, 0.05) is 6.20 Å². The zero-order valence-corrected chi connectivity index (χ0v) is 7.08. The van der Waals surface area contributed by atoms with Gasteiger partial charge in [0.1, 0.15) is 5.82 Å². The summed E-state index contributed by atoms with van der Waals surface area (Å²) in [6.45, 7) is 0.0271. The van der Waals surface area contributed by atoms with E-state index in [2.05, 4.69) is 15.0 Å². The molecule has 1 aromatic rings. The fourth-order valence-electron chi connectivity index (χ4n) is 0.777. The molecule has 70 valence electrons. The van der Waals surface area contributed by atoms with Gasteiger partial charge in [-0.2, -0.15) is 0 Å². The average molecular weight is 184 g/mol. The van der Waals surface area contributed by atoms with Crippen molar-refractivity contribution < 1.29 is 13.9 Å². The summed E-state index contributed by atoms with van der Waals surface area (Å²) in [5.74, 6) is -0.445. The molecule has 0 fully saturated rings. The van der Waals surface area contributed by atoms with E-state index in [9.17, 15) is 9.18 Å². The summed E-state index contributed by atoms with van der Waals surface area (Å²) in [4.78, 5) is 14.4. The van der Waals surface area contributed by atoms with Gasteiger partial charge in [0.15, 0.2) is 0 Å². The third-order valence-corrected chi connectivity index (χ3v) is 1.42. The van der Waals surface area contributed by atoms with Gasteiger partial charge in [-0.3, -0.25) is 4.98 Å². The van der Waals surface area contributed by atoms with Crippen LogP contribution in [0.1, 0.15) is 5.69 Å². The molecule has 1 amide bonds. The maximum atomic E-state index is 12.9. The number of ether oxygens (including phenoxy) is 1. The largest absolute Gasteiger partial charge is 0.453 e. The molecule has 0 atom stereocenters. The van der Waals surface area contributed by atoms with Crippen molar-refractivity contribution in [1.82, 2.24) is 10.3 Å². The van der Waals surface area contributed by atoms with Gasteiger partial charge in [0.25, 0.3) is 0 Å². The molecule has 1 aromatic heterocycles. The monoisotopic (exact) mass is 184 g/mol. The van der Waals surface area contributed by atoms with Crippen LogP contribution in [0.4, 0.5) is 9.18 Å². The van der Waals surface area contributed by atoms with Gasteiger partial charge in [0.05, 0.1) is 19.3 Å². The number of hydrogen-bond donors (Lipinski definition) is 1. The van der Waals surface area contributed by atoms with Crippen LogP contribution >= 0.6 is 0 Å². The number of hydrogen-bond acceptors (Lipinski definition) is 3. The lowest BCUT2D eigenvalue weighted by molar-refractivity contribution is 0.170. The molecular weight excluding hydrogens is 175 g/mol. The van der Waals surface area contributed by atoms with Crippen molar-refractivity contribution in [3.8, 4) is 0 Å². The Bertz CT molecular complexity index is 304. The molecule has 0 aromatic carbocycles. The van der Waals surface area contributed by atoms with E-state index < -0.39 is 11.9 Å². The first-order chi connectivity index (χ1) is 6.24. The van der Waals surface area contributed by atoms with E-state index in [1.807, 2.05) is 0 Å². The number of amides is 1. The summed E-state index contributed by atoms with van der Waals surface area (Å²) in [5.41, 5.74) is 0.188. The van der Waals surface area contributed by atoms with Crippen LogP contribution in [0.25, 0.3) is 0 Å². The standard InChI is InChI=1S/C8H9FN2O2/c1-13-8(12)11-5-7-6(9)3-2-4-10-7/h2-4H,5H2,1H3,(H,11,12). The maximum absolute atomic E-state index is 12.9. The topological polar surface area (TPSA) is 51.2 Å². The number of methoxy groups -OCH3 is 1. The summed E-state index contributed by atoms with van der Waals surface area (Å²) < 4.78 is 17.2. The summed E-state index contributed by atoms with van der Waals surface area (Å²) in [6, 6.07) is 2.76. The van der Waals surface area contributed by atoms with E-state index in [-0.39, 0.29) is 12.2 Å². The van der Waals surface area contributed by atoms with Crippen LogP contribution in [0.2, 0.25) is 0 Å². The summed E-state index contributed by atoms with van der Waals surface area (Å²) >= 11 is 0. The number of aromatic nitrogens is 1. The van der Waals surface area contributed by atoms with E-state index in [4.69, 9.17) is 0 Å². The molecule has 1 heterocycles. The minimum atomic E-state index is -0.606. The fraction of sp³-hybridized carbons (Fsp3) is 0.250. The van der Waals surface area contributed by atoms with Gasteiger partial charge in [-0.1, -0.05) is 0 Å². The van der Waals surface area contributed by atoms with Crippen LogP contribution in [0, 0.1) is 5.82 Å². The average Bonchev–Trinajstić information content (AvgIpc) is 2.16. The van der Waals surface area contributed by atoms with Crippen LogP contribution in [-0.4, -0.2) is 18.2 Å². The number of rotatable bonds is 2. The van der Waals surface area contributed by atoms with Crippen LogP contribution in [0.5, 0.6) is 0 Å². The third-order valence-electron chi connectivity index (χ3n) is 1.42. The Balaban J connectivity index is 2.54. The smallest absolute Gasteiger partial charge is 0.407 e. The molecule has 0 aliphatic heterocycles. The van der Waals surface area contributed by atoms with Crippen LogP contribution < -0.4 is 5.32 Å². The molecule has 0 saturated heterocycles. The number of alkyl carbamates (subject to hydrolysis) is 1. The minimum absolute atomic E-state index is 0.0271. The Labute approximate surface area is 74.7 Å². The zero-order chi connectivity index (χ0) is 9.68. The van der Waals surface area contributed by atoms with Gasteiger partial charge in [-0.05, 0) is 12.1 Å². The lowest BCUT2D eigenvalue weighted by atomic mass is 10.3. The number of pyridine rings is 1. The number of carbonyl (C=O) groups is 1. The highest BCUT2D eigenvalue weighted by Crippen LogP contribution is 2.01. The first-order valence-corrected chi connectivity index (χ1v) is 3.65. The molecule has 0 spiro atoms. The molecule has 0 aliphatic carbocycles. The molecule has 1 N–H and O–H groups in total. The molecule has 0 bridgehead atoms. The van der Waals surface area contributed by atoms with Gasteiger partial charge in [0.2, 0.25) is 0 Å². The zero-order valence-electron chi connectivity index (χ0n) is 7.08. The van der Waals surface area contributed by atoms with Gasteiger partial charge < -0.3 is 10.1 Å². The number of nitrogens with zero attached hydrogens (tertiary/aromatic N) is 1. The third kappa shape index (κ3) is 2.70. The van der Waals surface area contributed by atoms with Gasteiger partial charge in [-0.25, -0.2) is 9.18 Å². The van der Waals surface area contributed by atoms with E-state index in [1.54, 1.807) is 0 Å². The highest BCUT2D eigenvalue weighted by molar-refractivity contribution is 5.66. The fourth-order valence-corrected chi connectivity index (χ4v) is 0.777. The molecule has 1 rings (SSSR count). The van der Waals surface area contributed by atoms with Crippen LogP contribution in [0.15, 0.2) is 18.3 Å². The molecule has 13 heavy (non-hydrogen) atoms. The van der Waals surface area contributed by atoms with Crippen molar-refractivity contribution in [3.05, 3.63) is 29.8 Å². The summed E-state index contributed by atoms with van der Waals surface area (Å²) in [5, 5.41) is 2.33. The Morgan fingerprint density at radius 2 is 2.54 bits per heavy atom. The van der Waals surface area contributed by atoms with Crippen LogP contribution in [0.3, 0.4) is 0 Å². The van der Waals surface area contributed by atoms with Crippen molar-refractivity contribution >= 4 is 6.09 Å². The highest BCUT2D eigenvalue weighted by Gasteiger charge is 2.04. The van der Waals surface area contributed by atoms with Gasteiger partial charge in [-0.15, -0.1) is 0 Å². The first kappa shape index (κ1) is 9.44. The van der Waals surface area contributed by atoms with Crippen molar-refractivity contribution in [2.75, 3.05) is 7.11 Å². The van der Waals surface area contributed by atoms with E-state index in [0.29, 0.717) is 0 Å². The molecular formula is C8H9FN2O2. The Morgan fingerprint density at radius 1 is 1.77 bits per heavy atom. The van der Waals surface area contributed by atoms with Crippen molar-refractivity contribution in [1.29, 1.82) is 0 Å². The second-order valence-electron chi connectivity index (χ2n) is 2.28. The van der Waals surface area contributed by atoms with Crippen LogP contribution in [-0.2, 0) is 11.3 Å². The molecule has 0 unspecified atom stereocenters. The first-order valence-electron chi connectivity index (χ1n) is 3.65. The normalized spacial score (nSPS) is 9.38.